The fourth-order valence-corrected chi connectivity index (χ4v) is 3.04. The molecule has 1 heterocycles. The molecule has 0 unspecified atom stereocenters. The Morgan fingerprint density at radius 2 is 1.81 bits per heavy atom. The smallest absolute Gasteiger partial charge is 0.307 e. The minimum absolute atomic E-state index is 0.271. The molecule has 0 fully saturated rings. The van der Waals surface area contributed by atoms with Crippen molar-refractivity contribution in [2.24, 2.45) is 0 Å². The number of amides is 2. The lowest BCUT2D eigenvalue weighted by Crippen LogP contribution is -2.20. The van der Waals surface area contributed by atoms with Crippen LogP contribution in [0.3, 0.4) is 0 Å². The van der Waals surface area contributed by atoms with Crippen LogP contribution in [0.1, 0.15) is 28.1 Å². The van der Waals surface area contributed by atoms with Crippen LogP contribution < -0.4 is 10.6 Å². The molecule has 5 nitrogen and oxygen atoms in total. The van der Waals surface area contributed by atoms with E-state index in [2.05, 4.69) is 15.7 Å². The number of rotatable bonds is 4. The van der Waals surface area contributed by atoms with Gasteiger partial charge in [0.25, 0.3) is 0 Å². The summed E-state index contributed by atoms with van der Waals surface area (Å²) in [6.45, 7) is 7.93. The first-order chi connectivity index (χ1) is 12.8. The molecule has 0 aliphatic rings. The van der Waals surface area contributed by atoms with Gasteiger partial charge in [-0.3, -0.25) is 4.68 Å². The van der Waals surface area contributed by atoms with Gasteiger partial charge in [-0.25, -0.2) is 9.18 Å². The summed E-state index contributed by atoms with van der Waals surface area (Å²) in [6.07, 6.45) is 0. The van der Waals surface area contributed by atoms with Gasteiger partial charge in [0.1, 0.15) is 5.82 Å². The monoisotopic (exact) mass is 366 g/mol. The first-order valence-electron chi connectivity index (χ1n) is 8.78. The standard InChI is InChI=1S/C21H23FN4O/c1-13-9-10-19(14(2)11-13)23-21(27)24-20-15(3)25-26(16(20)4)12-17-7-5-6-8-18(17)22/h5-11H,12H2,1-4H3,(H2,23,24,27). The molecule has 6 heteroatoms. The molecule has 0 aliphatic heterocycles. The lowest BCUT2D eigenvalue weighted by atomic mass is 10.1. The summed E-state index contributed by atoms with van der Waals surface area (Å²) >= 11 is 0. The van der Waals surface area contributed by atoms with Gasteiger partial charge in [0, 0.05) is 11.3 Å². The third-order valence-electron chi connectivity index (χ3n) is 4.53. The zero-order valence-corrected chi connectivity index (χ0v) is 15.9. The minimum Gasteiger partial charge on any atom is -0.307 e. The van der Waals surface area contributed by atoms with Crippen molar-refractivity contribution >= 4 is 17.4 Å². The minimum atomic E-state index is -0.335. The third-order valence-corrected chi connectivity index (χ3v) is 4.53. The number of nitrogens with zero attached hydrogens (tertiary/aromatic N) is 2. The average molecular weight is 366 g/mol. The van der Waals surface area contributed by atoms with Crippen molar-refractivity contribution in [3.63, 3.8) is 0 Å². The number of aryl methyl sites for hydroxylation is 3. The molecular weight excluding hydrogens is 343 g/mol. The predicted molar refractivity (Wildman–Crippen MR) is 106 cm³/mol. The summed E-state index contributed by atoms with van der Waals surface area (Å²) in [5, 5.41) is 10.2. The summed E-state index contributed by atoms with van der Waals surface area (Å²) in [4.78, 5) is 12.4. The molecule has 3 rings (SSSR count). The van der Waals surface area contributed by atoms with E-state index in [1.165, 1.54) is 6.07 Å². The highest BCUT2D eigenvalue weighted by molar-refractivity contribution is 6.00. The summed E-state index contributed by atoms with van der Waals surface area (Å²) in [5.74, 6) is -0.271. The summed E-state index contributed by atoms with van der Waals surface area (Å²) in [6, 6.07) is 12.1. The molecule has 0 saturated heterocycles. The highest BCUT2D eigenvalue weighted by atomic mass is 19.1. The number of hydrogen-bond donors (Lipinski definition) is 2. The Balaban J connectivity index is 1.76. The topological polar surface area (TPSA) is 59.0 Å². The van der Waals surface area contributed by atoms with Gasteiger partial charge in [0.2, 0.25) is 0 Å². The summed E-state index contributed by atoms with van der Waals surface area (Å²) < 4.78 is 15.6. The molecule has 0 saturated carbocycles. The second-order valence-electron chi connectivity index (χ2n) is 6.69. The van der Waals surface area contributed by atoms with Gasteiger partial charge in [0.05, 0.1) is 23.6 Å². The predicted octanol–water partition coefficient (Wildman–Crippen LogP) is 4.95. The second kappa shape index (κ2) is 7.61. The van der Waals surface area contributed by atoms with Gasteiger partial charge < -0.3 is 10.6 Å². The molecule has 2 amide bonds. The maximum atomic E-state index is 13.9. The molecule has 0 bridgehead atoms. The molecule has 0 aliphatic carbocycles. The van der Waals surface area contributed by atoms with Crippen molar-refractivity contribution < 1.29 is 9.18 Å². The van der Waals surface area contributed by atoms with Crippen molar-refractivity contribution in [1.82, 2.24) is 9.78 Å². The van der Waals surface area contributed by atoms with E-state index < -0.39 is 0 Å². The number of anilines is 2. The zero-order valence-electron chi connectivity index (χ0n) is 15.9. The first kappa shape index (κ1) is 18.6. The van der Waals surface area contributed by atoms with E-state index in [9.17, 15) is 9.18 Å². The third kappa shape index (κ3) is 4.16. The number of carbonyl (C=O) groups excluding carboxylic acids is 1. The van der Waals surface area contributed by atoms with Crippen LogP contribution in [0.4, 0.5) is 20.6 Å². The number of nitrogens with one attached hydrogen (secondary N) is 2. The SMILES string of the molecule is Cc1ccc(NC(=O)Nc2c(C)nn(Cc3ccccc3F)c2C)c(C)c1. The Labute approximate surface area is 158 Å². The number of carbonyl (C=O) groups is 1. The molecule has 140 valence electrons. The first-order valence-corrected chi connectivity index (χ1v) is 8.78. The van der Waals surface area contributed by atoms with Gasteiger partial charge in [-0.1, -0.05) is 35.9 Å². The summed E-state index contributed by atoms with van der Waals surface area (Å²) in [5.41, 5.74) is 5.52. The zero-order chi connectivity index (χ0) is 19.6. The number of aromatic nitrogens is 2. The fraction of sp³-hybridized carbons (Fsp3) is 0.238. The Kier molecular flexibility index (Phi) is 5.26. The lowest BCUT2D eigenvalue weighted by Gasteiger charge is -2.11. The summed E-state index contributed by atoms with van der Waals surface area (Å²) in [7, 11) is 0. The van der Waals surface area contributed by atoms with Crippen molar-refractivity contribution in [1.29, 1.82) is 0 Å². The lowest BCUT2D eigenvalue weighted by molar-refractivity contribution is 0.262. The van der Waals surface area contributed by atoms with Crippen LogP contribution >= 0.6 is 0 Å². The van der Waals surface area contributed by atoms with Crippen LogP contribution in [0, 0.1) is 33.5 Å². The van der Waals surface area contributed by atoms with Gasteiger partial charge >= 0.3 is 6.03 Å². The molecule has 3 aromatic rings. The van der Waals surface area contributed by atoms with Crippen LogP contribution in [0.25, 0.3) is 0 Å². The van der Waals surface area contributed by atoms with Crippen molar-refractivity contribution in [2.75, 3.05) is 10.6 Å². The Bertz CT molecular complexity index is 994. The molecular formula is C21H23FN4O. The number of urea groups is 1. The molecule has 0 radical (unpaired) electrons. The van der Waals surface area contributed by atoms with Gasteiger partial charge in [-0.05, 0) is 45.4 Å². The van der Waals surface area contributed by atoms with Crippen LogP contribution in [0.5, 0.6) is 0 Å². The Morgan fingerprint density at radius 3 is 2.52 bits per heavy atom. The van der Waals surface area contributed by atoms with Crippen molar-refractivity contribution in [3.05, 3.63) is 76.4 Å². The highest BCUT2D eigenvalue weighted by Gasteiger charge is 2.15. The van der Waals surface area contributed by atoms with E-state index in [1.807, 2.05) is 45.9 Å². The number of benzene rings is 2. The van der Waals surface area contributed by atoms with Crippen LogP contribution in [-0.2, 0) is 6.54 Å². The van der Waals surface area contributed by atoms with E-state index in [0.29, 0.717) is 23.5 Å². The van der Waals surface area contributed by atoms with Crippen LogP contribution in [0.2, 0.25) is 0 Å². The molecule has 0 atom stereocenters. The highest BCUT2D eigenvalue weighted by Crippen LogP contribution is 2.22. The molecule has 27 heavy (non-hydrogen) atoms. The maximum absolute atomic E-state index is 13.9. The molecule has 2 N–H and O–H groups in total. The van der Waals surface area contributed by atoms with Crippen molar-refractivity contribution in [2.45, 2.75) is 34.2 Å². The largest absolute Gasteiger partial charge is 0.323 e. The molecule has 2 aromatic carbocycles. The van der Waals surface area contributed by atoms with E-state index in [4.69, 9.17) is 0 Å². The van der Waals surface area contributed by atoms with E-state index in [1.54, 1.807) is 22.9 Å². The normalized spacial score (nSPS) is 10.7. The van der Waals surface area contributed by atoms with Gasteiger partial charge in [0.15, 0.2) is 0 Å². The number of hydrogen-bond acceptors (Lipinski definition) is 2. The van der Waals surface area contributed by atoms with E-state index in [0.717, 1.165) is 22.5 Å². The maximum Gasteiger partial charge on any atom is 0.323 e. The number of halogens is 1. The van der Waals surface area contributed by atoms with E-state index >= 15 is 0 Å². The fourth-order valence-electron chi connectivity index (χ4n) is 3.04. The quantitative estimate of drug-likeness (QED) is 0.686. The molecule has 1 aromatic heterocycles. The second-order valence-corrected chi connectivity index (χ2v) is 6.69. The average Bonchev–Trinajstić information content (AvgIpc) is 2.87. The van der Waals surface area contributed by atoms with Crippen LogP contribution in [0.15, 0.2) is 42.5 Å². The van der Waals surface area contributed by atoms with Crippen LogP contribution in [-0.4, -0.2) is 15.8 Å². The van der Waals surface area contributed by atoms with E-state index in [-0.39, 0.29) is 11.8 Å². The van der Waals surface area contributed by atoms with Gasteiger partial charge in [-0.2, -0.15) is 5.10 Å². The Hall–Kier alpha value is -3.15. The molecule has 0 spiro atoms. The van der Waals surface area contributed by atoms with Crippen molar-refractivity contribution in [3.8, 4) is 0 Å². The van der Waals surface area contributed by atoms with Gasteiger partial charge in [-0.15, -0.1) is 0 Å². The Morgan fingerprint density at radius 1 is 1.07 bits per heavy atom.